The summed E-state index contributed by atoms with van der Waals surface area (Å²) in [6.07, 6.45) is 1.57. The Hall–Kier alpha value is -2.38. The Morgan fingerprint density at radius 3 is 2.68 bits per heavy atom. The van der Waals surface area contributed by atoms with Gasteiger partial charge < -0.3 is 5.32 Å². The number of nitrogens with one attached hydrogen (secondary N) is 1. The maximum Gasteiger partial charge on any atom is 0.234 e. The van der Waals surface area contributed by atoms with Gasteiger partial charge in [0.15, 0.2) is 10.3 Å². The molecule has 0 saturated carbocycles. The van der Waals surface area contributed by atoms with Gasteiger partial charge in [0.2, 0.25) is 5.91 Å². The molecule has 2 heterocycles. The molecule has 0 spiro atoms. The third kappa shape index (κ3) is 4.18. The number of aromatic nitrogens is 4. The zero-order valence-electron chi connectivity index (χ0n) is 13.7. The van der Waals surface area contributed by atoms with Gasteiger partial charge in [-0.2, -0.15) is 0 Å². The molecule has 1 amide bonds. The summed E-state index contributed by atoms with van der Waals surface area (Å²) < 4.78 is 1.93. The molecular formula is C17H16ClN5OS. The summed E-state index contributed by atoms with van der Waals surface area (Å²) in [6.45, 7) is 3.92. The standard InChI is InChI=1S/C17H16ClN5OS/c1-11-5-7-13(8-6-11)23-12(2)21-22-17(23)25-10-15(24)20-14-4-3-9-19-16(14)18/h3-9H,10H2,1-2H3,(H,20,24). The van der Waals surface area contributed by atoms with Crippen LogP contribution in [0.25, 0.3) is 5.69 Å². The summed E-state index contributed by atoms with van der Waals surface area (Å²) in [5, 5.41) is 12.0. The molecule has 0 aliphatic heterocycles. The summed E-state index contributed by atoms with van der Waals surface area (Å²) >= 11 is 7.26. The van der Waals surface area contributed by atoms with E-state index in [1.54, 1.807) is 18.3 Å². The number of amides is 1. The first-order valence-electron chi connectivity index (χ1n) is 7.57. The van der Waals surface area contributed by atoms with Crippen LogP contribution in [0.15, 0.2) is 47.8 Å². The number of aryl methyl sites for hydroxylation is 2. The fraction of sp³-hybridized carbons (Fsp3) is 0.176. The van der Waals surface area contributed by atoms with Gasteiger partial charge in [-0.3, -0.25) is 9.36 Å². The molecule has 25 heavy (non-hydrogen) atoms. The number of benzene rings is 1. The Morgan fingerprint density at radius 2 is 1.96 bits per heavy atom. The third-order valence-electron chi connectivity index (χ3n) is 3.45. The van der Waals surface area contributed by atoms with Gasteiger partial charge in [0, 0.05) is 11.9 Å². The average molecular weight is 374 g/mol. The van der Waals surface area contributed by atoms with E-state index in [9.17, 15) is 4.79 Å². The van der Waals surface area contributed by atoms with Crippen LogP contribution >= 0.6 is 23.4 Å². The van der Waals surface area contributed by atoms with Crippen molar-refractivity contribution in [1.29, 1.82) is 0 Å². The zero-order valence-corrected chi connectivity index (χ0v) is 15.3. The Balaban J connectivity index is 1.71. The fourth-order valence-electron chi connectivity index (χ4n) is 2.22. The largest absolute Gasteiger partial charge is 0.323 e. The van der Waals surface area contributed by atoms with Crippen molar-refractivity contribution in [3.8, 4) is 5.69 Å². The van der Waals surface area contributed by atoms with E-state index in [-0.39, 0.29) is 16.8 Å². The number of nitrogens with zero attached hydrogens (tertiary/aromatic N) is 4. The number of thioether (sulfide) groups is 1. The highest BCUT2D eigenvalue weighted by Crippen LogP contribution is 2.23. The molecule has 8 heteroatoms. The SMILES string of the molecule is Cc1ccc(-n2c(C)nnc2SCC(=O)Nc2cccnc2Cl)cc1. The van der Waals surface area contributed by atoms with Gasteiger partial charge in [-0.15, -0.1) is 10.2 Å². The van der Waals surface area contributed by atoms with Crippen LogP contribution in [0.1, 0.15) is 11.4 Å². The van der Waals surface area contributed by atoms with E-state index < -0.39 is 0 Å². The second-order valence-electron chi connectivity index (χ2n) is 5.38. The molecule has 0 aliphatic rings. The van der Waals surface area contributed by atoms with Crippen LogP contribution in [0.3, 0.4) is 0 Å². The van der Waals surface area contributed by atoms with E-state index in [2.05, 4.69) is 20.5 Å². The molecule has 128 valence electrons. The minimum atomic E-state index is -0.184. The predicted octanol–water partition coefficient (Wildman–Crippen LogP) is 3.66. The van der Waals surface area contributed by atoms with Crippen molar-refractivity contribution < 1.29 is 4.79 Å². The van der Waals surface area contributed by atoms with Crippen LogP contribution in [0, 0.1) is 13.8 Å². The first-order chi connectivity index (χ1) is 12.0. The van der Waals surface area contributed by atoms with E-state index in [4.69, 9.17) is 11.6 Å². The van der Waals surface area contributed by atoms with E-state index in [0.29, 0.717) is 10.8 Å². The summed E-state index contributed by atoms with van der Waals surface area (Å²) in [6, 6.07) is 11.5. The molecule has 0 radical (unpaired) electrons. The van der Waals surface area contributed by atoms with Crippen LogP contribution in [-0.4, -0.2) is 31.4 Å². The molecule has 0 bridgehead atoms. The molecule has 0 saturated heterocycles. The monoisotopic (exact) mass is 373 g/mol. The molecule has 0 aliphatic carbocycles. The molecule has 3 aromatic rings. The van der Waals surface area contributed by atoms with Gasteiger partial charge in [-0.05, 0) is 38.1 Å². The molecule has 3 rings (SSSR count). The topological polar surface area (TPSA) is 72.7 Å². The predicted molar refractivity (Wildman–Crippen MR) is 99.4 cm³/mol. The number of hydrogen-bond donors (Lipinski definition) is 1. The van der Waals surface area contributed by atoms with Crippen molar-refractivity contribution >= 4 is 35.0 Å². The molecule has 1 N–H and O–H groups in total. The van der Waals surface area contributed by atoms with Gasteiger partial charge in [0.25, 0.3) is 0 Å². The molecule has 1 aromatic carbocycles. The van der Waals surface area contributed by atoms with Crippen LogP contribution in [0.2, 0.25) is 5.15 Å². The maximum absolute atomic E-state index is 12.2. The summed E-state index contributed by atoms with van der Waals surface area (Å²) in [5.41, 5.74) is 2.63. The second kappa shape index (κ2) is 7.67. The summed E-state index contributed by atoms with van der Waals surface area (Å²) in [4.78, 5) is 16.1. The minimum absolute atomic E-state index is 0.184. The van der Waals surface area contributed by atoms with Gasteiger partial charge >= 0.3 is 0 Å². The van der Waals surface area contributed by atoms with Crippen molar-refractivity contribution in [2.75, 3.05) is 11.1 Å². The number of halogens is 1. The van der Waals surface area contributed by atoms with E-state index in [1.165, 1.54) is 17.3 Å². The number of carbonyl (C=O) groups is 1. The summed E-state index contributed by atoms with van der Waals surface area (Å²) in [5.74, 6) is 0.771. The van der Waals surface area contributed by atoms with Gasteiger partial charge in [0.1, 0.15) is 5.82 Å². The highest BCUT2D eigenvalue weighted by molar-refractivity contribution is 7.99. The Bertz CT molecular complexity index is 894. The van der Waals surface area contributed by atoms with Crippen molar-refractivity contribution in [2.45, 2.75) is 19.0 Å². The number of hydrogen-bond acceptors (Lipinski definition) is 5. The maximum atomic E-state index is 12.2. The first-order valence-corrected chi connectivity index (χ1v) is 8.93. The first kappa shape index (κ1) is 17.4. The van der Waals surface area contributed by atoms with Crippen molar-refractivity contribution in [3.05, 3.63) is 59.1 Å². The Kier molecular flexibility index (Phi) is 5.35. The molecule has 0 fully saturated rings. The fourth-order valence-corrected chi connectivity index (χ4v) is 3.19. The minimum Gasteiger partial charge on any atom is -0.323 e. The zero-order chi connectivity index (χ0) is 17.8. The Labute approximate surface area is 154 Å². The number of pyridine rings is 1. The van der Waals surface area contributed by atoms with Crippen molar-refractivity contribution in [1.82, 2.24) is 19.7 Å². The van der Waals surface area contributed by atoms with Crippen LogP contribution in [-0.2, 0) is 4.79 Å². The molecule has 0 atom stereocenters. The summed E-state index contributed by atoms with van der Waals surface area (Å²) in [7, 11) is 0. The van der Waals surface area contributed by atoms with Crippen molar-refractivity contribution in [3.63, 3.8) is 0 Å². The van der Waals surface area contributed by atoms with Gasteiger partial charge in [-0.1, -0.05) is 41.1 Å². The lowest BCUT2D eigenvalue weighted by Crippen LogP contribution is -2.15. The lowest BCUT2D eigenvalue weighted by molar-refractivity contribution is -0.113. The highest BCUT2D eigenvalue weighted by atomic mass is 35.5. The van der Waals surface area contributed by atoms with Gasteiger partial charge in [-0.25, -0.2) is 4.98 Å². The van der Waals surface area contributed by atoms with Crippen LogP contribution in [0.5, 0.6) is 0 Å². The molecular weight excluding hydrogens is 358 g/mol. The Morgan fingerprint density at radius 1 is 1.20 bits per heavy atom. The smallest absolute Gasteiger partial charge is 0.234 e. The molecule has 0 unspecified atom stereocenters. The third-order valence-corrected chi connectivity index (χ3v) is 4.68. The second-order valence-corrected chi connectivity index (χ2v) is 6.68. The van der Waals surface area contributed by atoms with E-state index >= 15 is 0 Å². The number of rotatable bonds is 5. The number of anilines is 1. The lowest BCUT2D eigenvalue weighted by Gasteiger charge is -2.09. The quantitative estimate of drug-likeness (QED) is 0.545. The average Bonchev–Trinajstić information content (AvgIpc) is 2.97. The van der Waals surface area contributed by atoms with Crippen LogP contribution < -0.4 is 5.32 Å². The van der Waals surface area contributed by atoms with Gasteiger partial charge in [0.05, 0.1) is 11.4 Å². The van der Waals surface area contributed by atoms with E-state index in [1.807, 2.05) is 42.7 Å². The molecule has 6 nitrogen and oxygen atoms in total. The lowest BCUT2D eigenvalue weighted by atomic mass is 10.2. The van der Waals surface area contributed by atoms with Crippen LogP contribution in [0.4, 0.5) is 5.69 Å². The number of carbonyl (C=O) groups excluding carboxylic acids is 1. The van der Waals surface area contributed by atoms with Crippen molar-refractivity contribution in [2.24, 2.45) is 0 Å². The van der Waals surface area contributed by atoms with E-state index in [0.717, 1.165) is 11.5 Å². The highest BCUT2D eigenvalue weighted by Gasteiger charge is 2.14. The molecule has 2 aromatic heterocycles. The normalized spacial score (nSPS) is 10.7.